The Balaban J connectivity index is -0.000000189. The van der Waals surface area contributed by atoms with Gasteiger partial charge in [0.2, 0.25) is 0 Å². The van der Waals surface area contributed by atoms with E-state index in [0.29, 0.717) is 0 Å². The number of hydrogen-bond donors (Lipinski definition) is 2. The van der Waals surface area contributed by atoms with Crippen molar-refractivity contribution < 1.29 is 30.6 Å². The van der Waals surface area contributed by atoms with Gasteiger partial charge in [-0.3, -0.25) is 0 Å². The Morgan fingerprint density at radius 1 is 0.824 bits per heavy atom. The quantitative estimate of drug-likeness (QED) is 0.341. The molecular formula is C6H14N4O6Pd. The normalized spacial score (nSPS) is 21.5. The summed E-state index contributed by atoms with van der Waals surface area (Å²) in [5.41, 5.74) is 11.3. The zero-order valence-electron chi connectivity index (χ0n) is 8.80. The molecule has 4 N–H and O–H groups in total. The van der Waals surface area contributed by atoms with Crippen LogP contribution in [-0.2, 0) is 20.4 Å². The molecule has 1 rings (SSSR count). The Bertz CT molecular complexity index is 189. The number of nitrogens with two attached hydrogens (primary N) is 2. The summed E-state index contributed by atoms with van der Waals surface area (Å²) in [7, 11) is 0. The summed E-state index contributed by atoms with van der Waals surface area (Å²) in [6, 6.07) is 0.562. The monoisotopic (exact) mass is 344 g/mol. The van der Waals surface area contributed by atoms with Crippen LogP contribution in [0.2, 0.25) is 0 Å². The second kappa shape index (κ2) is 13.0. The standard InChI is InChI=1S/C6H14N2.2NO3.Pd/c7-5-3-1-2-4-6(5)8;2*2-1(3)4;/h5-6H,1-4,7-8H2;;;/q;2*-1;+2. The molecule has 0 radical (unpaired) electrons. The van der Waals surface area contributed by atoms with Gasteiger partial charge in [-0.15, -0.1) is 0 Å². The van der Waals surface area contributed by atoms with Crippen molar-refractivity contribution in [1.29, 1.82) is 0 Å². The first-order chi connectivity index (χ1) is 7.27. The van der Waals surface area contributed by atoms with Gasteiger partial charge in [-0.2, -0.15) is 0 Å². The van der Waals surface area contributed by atoms with Crippen molar-refractivity contribution in [3.05, 3.63) is 30.6 Å². The number of rotatable bonds is 0. The van der Waals surface area contributed by atoms with E-state index in [2.05, 4.69) is 0 Å². The van der Waals surface area contributed by atoms with Crippen LogP contribution in [0.1, 0.15) is 25.7 Å². The van der Waals surface area contributed by atoms with E-state index in [9.17, 15) is 0 Å². The fraction of sp³-hybridized carbons (Fsp3) is 1.00. The molecule has 1 fully saturated rings. The minimum absolute atomic E-state index is 0. The van der Waals surface area contributed by atoms with Gasteiger partial charge >= 0.3 is 20.4 Å². The second-order valence-electron chi connectivity index (χ2n) is 3.06. The zero-order valence-corrected chi connectivity index (χ0v) is 10.4. The summed E-state index contributed by atoms with van der Waals surface area (Å²) >= 11 is 0. The fourth-order valence-corrected chi connectivity index (χ4v) is 1.19. The van der Waals surface area contributed by atoms with Gasteiger partial charge in [0.15, 0.2) is 0 Å². The van der Waals surface area contributed by atoms with Crippen molar-refractivity contribution >= 4 is 0 Å². The summed E-state index contributed by atoms with van der Waals surface area (Å²) in [5, 5.41) is 29.5. The van der Waals surface area contributed by atoms with Crippen LogP contribution in [0.3, 0.4) is 0 Å². The molecular weight excluding hydrogens is 331 g/mol. The molecule has 0 aromatic carbocycles. The minimum Gasteiger partial charge on any atom is -0.356 e. The molecule has 0 amide bonds. The van der Waals surface area contributed by atoms with Gasteiger partial charge in [0.25, 0.3) is 0 Å². The molecule has 2 unspecified atom stereocenters. The van der Waals surface area contributed by atoms with Gasteiger partial charge in [0.05, 0.1) is 10.2 Å². The molecule has 10 nitrogen and oxygen atoms in total. The van der Waals surface area contributed by atoms with Crippen LogP contribution >= 0.6 is 0 Å². The maximum Gasteiger partial charge on any atom is 2.00 e. The molecule has 0 heterocycles. The average Bonchev–Trinajstić information content (AvgIpc) is 2.08. The van der Waals surface area contributed by atoms with Crippen LogP contribution < -0.4 is 11.5 Å². The first-order valence-corrected chi connectivity index (χ1v) is 4.41. The Morgan fingerprint density at radius 3 is 1.12 bits per heavy atom. The van der Waals surface area contributed by atoms with E-state index >= 15 is 0 Å². The Morgan fingerprint density at radius 2 is 1.00 bits per heavy atom. The number of nitrogens with zero attached hydrogens (tertiary/aromatic N) is 2. The molecule has 2 atom stereocenters. The van der Waals surface area contributed by atoms with Crippen LogP contribution in [0.15, 0.2) is 0 Å². The average molecular weight is 345 g/mol. The molecule has 0 bridgehead atoms. The van der Waals surface area contributed by atoms with Crippen molar-refractivity contribution in [2.75, 3.05) is 0 Å². The third kappa shape index (κ3) is 25.3. The minimum atomic E-state index is -1.75. The largest absolute Gasteiger partial charge is 2.00 e. The van der Waals surface area contributed by atoms with E-state index < -0.39 is 10.2 Å². The van der Waals surface area contributed by atoms with E-state index in [-0.39, 0.29) is 32.5 Å². The molecule has 0 aromatic rings. The summed E-state index contributed by atoms with van der Waals surface area (Å²) in [5.74, 6) is 0. The zero-order chi connectivity index (χ0) is 13.1. The number of hydrogen-bond acceptors (Lipinski definition) is 8. The van der Waals surface area contributed by atoms with Gasteiger partial charge in [-0.25, -0.2) is 0 Å². The predicted molar refractivity (Wildman–Crippen MR) is 55.1 cm³/mol. The van der Waals surface area contributed by atoms with Crippen molar-refractivity contribution in [1.82, 2.24) is 0 Å². The molecule has 11 heteroatoms. The third-order valence-electron chi connectivity index (χ3n) is 1.87. The maximum atomic E-state index is 8.25. The smallest absolute Gasteiger partial charge is 0.356 e. The molecule has 1 aliphatic carbocycles. The van der Waals surface area contributed by atoms with Crippen LogP contribution in [0, 0.1) is 30.6 Å². The van der Waals surface area contributed by atoms with Gasteiger partial charge in [-0.05, 0) is 12.8 Å². The SMILES string of the molecule is NC1CCCCC1N.O=[N+]([O-])[O-].O=[N+]([O-])[O-].[Pd+2]. The second-order valence-corrected chi connectivity index (χ2v) is 3.06. The van der Waals surface area contributed by atoms with Gasteiger partial charge in [-0.1, -0.05) is 12.8 Å². The molecule has 1 aliphatic rings. The van der Waals surface area contributed by atoms with Crippen molar-refractivity contribution in [2.24, 2.45) is 11.5 Å². The van der Waals surface area contributed by atoms with Crippen LogP contribution in [0.5, 0.6) is 0 Å². The van der Waals surface area contributed by atoms with Crippen molar-refractivity contribution in [3.8, 4) is 0 Å². The molecule has 0 aromatic heterocycles. The Kier molecular flexibility index (Phi) is 16.3. The molecule has 0 saturated heterocycles. The summed E-state index contributed by atoms with van der Waals surface area (Å²) in [4.78, 5) is 16.5. The van der Waals surface area contributed by atoms with E-state index in [1.54, 1.807) is 0 Å². The third-order valence-corrected chi connectivity index (χ3v) is 1.87. The van der Waals surface area contributed by atoms with E-state index in [0.717, 1.165) is 12.8 Å². The summed E-state index contributed by atoms with van der Waals surface area (Å²) in [6.07, 6.45) is 4.80. The van der Waals surface area contributed by atoms with Crippen molar-refractivity contribution in [3.63, 3.8) is 0 Å². The molecule has 0 aliphatic heterocycles. The van der Waals surface area contributed by atoms with E-state index in [1.165, 1.54) is 12.8 Å². The molecule has 17 heavy (non-hydrogen) atoms. The van der Waals surface area contributed by atoms with E-state index in [1.807, 2.05) is 0 Å². The summed E-state index contributed by atoms with van der Waals surface area (Å²) < 4.78 is 0. The Hall–Kier alpha value is -1.02. The predicted octanol–water partition coefficient (Wildman–Crippen LogP) is -0.266. The fourth-order valence-electron chi connectivity index (χ4n) is 1.19. The van der Waals surface area contributed by atoms with E-state index in [4.69, 9.17) is 42.1 Å². The topological polar surface area (TPSA) is 184 Å². The molecule has 1 saturated carbocycles. The van der Waals surface area contributed by atoms with Crippen LogP contribution in [-0.4, -0.2) is 22.3 Å². The van der Waals surface area contributed by atoms with Crippen LogP contribution in [0.4, 0.5) is 0 Å². The summed E-state index contributed by atoms with van der Waals surface area (Å²) in [6.45, 7) is 0. The van der Waals surface area contributed by atoms with Gasteiger partial charge in [0, 0.05) is 12.1 Å². The van der Waals surface area contributed by atoms with Gasteiger partial charge < -0.3 is 42.1 Å². The Labute approximate surface area is 111 Å². The maximum absolute atomic E-state index is 8.25. The van der Waals surface area contributed by atoms with Crippen molar-refractivity contribution in [2.45, 2.75) is 37.8 Å². The first-order valence-electron chi connectivity index (χ1n) is 4.41. The molecule has 0 spiro atoms. The van der Waals surface area contributed by atoms with Gasteiger partial charge in [0.1, 0.15) is 0 Å². The first kappa shape index (κ1) is 21.3. The molecule has 104 valence electrons. The van der Waals surface area contributed by atoms with Crippen LogP contribution in [0.25, 0.3) is 0 Å².